The fourth-order valence-electron chi connectivity index (χ4n) is 3.31. The van der Waals surface area contributed by atoms with E-state index < -0.39 is 0 Å². The number of rotatable bonds is 6. The molecule has 7 heteroatoms. The van der Waals surface area contributed by atoms with Crippen molar-refractivity contribution < 1.29 is 4.79 Å². The number of hydrogen-bond donors (Lipinski definition) is 1. The number of benzene rings is 2. The van der Waals surface area contributed by atoms with Gasteiger partial charge in [-0.2, -0.15) is 0 Å². The Bertz CT molecular complexity index is 1310. The number of anilines is 1. The number of aryl methyl sites for hydroxylation is 2. The number of carbonyl (C=O) groups excluding carboxylic acids is 1. The Balaban J connectivity index is 1.59. The zero-order valence-electron chi connectivity index (χ0n) is 17.6. The van der Waals surface area contributed by atoms with Gasteiger partial charge in [-0.05, 0) is 49.6 Å². The second kappa shape index (κ2) is 9.08. The summed E-state index contributed by atoms with van der Waals surface area (Å²) < 4.78 is 2.29. The van der Waals surface area contributed by atoms with Crippen molar-refractivity contribution >= 4 is 44.9 Å². The van der Waals surface area contributed by atoms with Crippen LogP contribution in [0.15, 0.2) is 64.5 Å². The fraction of sp³-hybridized carbons (Fsp3) is 0.208. The van der Waals surface area contributed by atoms with Crippen LogP contribution in [0.4, 0.5) is 5.69 Å². The molecular weight excluding hydrogens is 426 g/mol. The van der Waals surface area contributed by atoms with Crippen LogP contribution in [0, 0.1) is 13.8 Å². The number of amides is 1. The molecule has 2 aromatic carbocycles. The monoisotopic (exact) mass is 449 g/mol. The third kappa shape index (κ3) is 4.57. The van der Waals surface area contributed by atoms with E-state index in [-0.39, 0.29) is 17.2 Å². The first-order valence-corrected chi connectivity index (χ1v) is 11.9. The van der Waals surface area contributed by atoms with Gasteiger partial charge in [0, 0.05) is 17.1 Å². The summed E-state index contributed by atoms with van der Waals surface area (Å²) in [6.07, 6.45) is 0. The molecule has 0 radical (unpaired) electrons. The molecule has 0 bridgehead atoms. The molecule has 0 unspecified atom stereocenters. The third-order valence-electron chi connectivity index (χ3n) is 4.97. The number of aromatic nitrogens is 2. The summed E-state index contributed by atoms with van der Waals surface area (Å²) in [4.78, 5) is 31.3. The van der Waals surface area contributed by atoms with E-state index in [9.17, 15) is 9.59 Å². The first kappa shape index (κ1) is 21.3. The maximum absolute atomic E-state index is 13.1. The van der Waals surface area contributed by atoms with E-state index in [0.29, 0.717) is 21.9 Å². The van der Waals surface area contributed by atoms with Crippen LogP contribution >= 0.6 is 23.1 Å². The average Bonchev–Trinajstić information content (AvgIpc) is 3.20. The van der Waals surface area contributed by atoms with Crippen LogP contribution in [0.5, 0.6) is 0 Å². The van der Waals surface area contributed by atoms with Gasteiger partial charge in [-0.25, -0.2) is 4.98 Å². The summed E-state index contributed by atoms with van der Waals surface area (Å²) in [7, 11) is 0. The number of thioether (sulfide) groups is 1. The van der Waals surface area contributed by atoms with E-state index in [1.807, 2.05) is 75.4 Å². The van der Waals surface area contributed by atoms with Crippen molar-refractivity contribution in [1.29, 1.82) is 0 Å². The second-order valence-corrected chi connectivity index (χ2v) is 9.28. The van der Waals surface area contributed by atoms with Gasteiger partial charge in [0.1, 0.15) is 4.70 Å². The number of fused-ring (bicyclic) bond motifs is 1. The molecule has 4 aromatic rings. The van der Waals surface area contributed by atoms with Crippen LogP contribution in [0.2, 0.25) is 0 Å². The van der Waals surface area contributed by atoms with Crippen LogP contribution in [0.3, 0.4) is 0 Å². The van der Waals surface area contributed by atoms with E-state index in [0.717, 1.165) is 27.3 Å². The van der Waals surface area contributed by atoms with Crippen molar-refractivity contribution in [2.24, 2.45) is 0 Å². The lowest BCUT2D eigenvalue weighted by atomic mass is 10.1. The highest BCUT2D eigenvalue weighted by Crippen LogP contribution is 2.32. The second-order valence-electron chi connectivity index (χ2n) is 7.29. The van der Waals surface area contributed by atoms with Crippen molar-refractivity contribution in [3.8, 4) is 10.4 Å². The highest BCUT2D eigenvalue weighted by Gasteiger charge is 2.16. The minimum atomic E-state index is -0.119. The summed E-state index contributed by atoms with van der Waals surface area (Å²) in [6, 6.07) is 17.9. The van der Waals surface area contributed by atoms with Crippen molar-refractivity contribution in [1.82, 2.24) is 9.55 Å². The SMILES string of the molecule is CCn1c(SCC(=O)Nc2cc(C)ccc2C)nc2cc(-c3ccccc3)sc2c1=O. The molecule has 31 heavy (non-hydrogen) atoms. The Labute approximate surface area is 189 Å². The minimum absolute atomic E-state index is 0.0582. The highest BCUT2D eigenvalue weighted by atomic mass is 32.2. The molecule has 5 nitrogen and oxygen atoms in total. The molecule has 0 aliphatic carbocycles. The van der Waals surface area contributed by atoms with Crippen molar-refractivity contribution in [3.05, 3.63) is 76.1 Å². The molecule has 2 aromatic heterocycles. The molecule has 0 fully saturated rings. The smallest absolute Gasteiger partial charge is 0.272 e. The predicted molar refractivity (Wildman–Crippen MR) is 130 cm³/mol. The lowest BCUT2D eigenvalue weighted by Crippen LogP contribution is -2.22. The van der Waals surface area contributed by atoms with Gasteiger partial charge in [-0.15, -0.1) is 11.3 Å². The lowest BCUT2D eigenvalue weighted by Gasteiger charge is -2.11. The highest BCUT2D eigenvalue weighted by molar-refractivity contribution is 7.99. The minimum Gasteiger partial charge on any atom is -0.325 e. The molecule has 0 spiro atoms. The zero-order chi connectivity index (χ0) is 22.0. The molecule has 1 N–H and O–H groups in total. The first-order valence-electron chi connectivity index (χ1n) is 10.1. The van der Waals surface area contributed by atoms with Crippen LogP contribution in [0.1, 0.15) is 18.1 Å². The molecule has 0 aliphatic rings. The van der Waals surface area contributed by atoms with Crippen molar-refractivity contribution in [2.75, 3.05) is 11.1 Å². The van der Waals surface area contributed by atoms with Gasteiger partial charge in [0.15, 0.2) is 5.16 Å². The first-order chi connectivity index (χ1) is 15.0. The largest absolute Gasteiger partial charge is 0.325 e. The Morgan fingerprint density at radius 3 is 2.65 bits per heavy atom. The van der Waals surface area contributed by atoms with E-state index in [4.69, 9.17) is 4.98 Å². The molecule has 0 aliphatic heterocycles. The molecule has 2 heterocycles. The maximum Gasteiger partial charge on any atom is 0.272 e. The number of nitrogens with one attached hydrogen (secondary N) is 1. The number of carbonyl (C=O) groups is 1. The molecule has 1 amide bonds. The maximum atomic E-state index is 13.1. The van der Waals surface area contributed by atoms with Crippen molar-refractivity contribution in [3.63, 3.8) is 0 Å². The van der Waals surface area contributed by atoms with Crippen LogP contribution in [-0.2, 0) is 11.3 Å². The standard InChI is InChI=1S/C24H23N3O2S2/c1-4-27-23(29)22-19(13-20(31-22)17-8-6-5-7-9-17)26-24(27)30-14-21(28)25-18-12-15(2)10-11-16(18)3/h5-13H,4,14H2,1-3H3,(H,25,28). The lowest BCUT2D eigenvalue weighted by molar-refractivity contribution is -0.113. The summed E-state index contributed by atoms with van der Waals surface area (Å²) >= 11 is 2.75. The topological polar surface area (TPSA) is 64.0 Å². The molecule has 0 saturated heterocycles. The van der Waals surface area contributed by atoms with Crippen LogP contribution in [0.25, 0.3) is 20.7 Å². The molecule has 4 rings (SSSR count). The Kier molecular flexibility index (Phi) is 6.25. The van der Waals surface area contributed by atoms with E-state index in [2.05, 4.69) is 5.32 Å². The summed E-state index contributed by atoms with van der Waals surface area (Å²) in [5.74, 6) is 0.0621. The molecular formula is C24H23N3O2S2. The van der Waals surface area contributed by atoms with Crippen LogP contribution in [-0.4, -0.2) is 21.2 Å². The average molecular weight is 450 g/mol. The fourth-order valence-corrected chi connectivity index (χ4v) is 5.23. The number of hydrogen-bond acceptors (Lipinski definition) is 5. The van der Waals surface area contributed by atoms with Gasteiger partial charge in [-0.1, -0.05) is 54.2 Å². The summed E-state index contributed by atoms with van der Waals surface area (Å²) in [5, 5.41) is 3.53. The van der Waals surface area contributed by atoms with Gasteiger partial charge in [0.25, 0.3) is 5.56 Å². The van der Waals surface area contributed by atoms with Gasteiger partial charge < -0.3 is 5.32 Å². The van der Waals surface area contributed by atoms with Gasteiger partial charge in [0.05, 0.1) is 11.3 Å². The quantitative estimate of drug-likeness (QED) is 0.312. The zero-order valence-corrected chi connectivity index (χ0v) is 19.3. The van der Waals surface area contributed by atoms with Crippen LogP contribution < -0.4 is 10.9 Å². The summed E-state index contributed by atoms with van der Waals surface area (Å²) in [6.45, 7) is 6.38. The van der Waals surface area contributed by atoms with E-state index >= 15 is 0 Å². The number of nitrogens with zero attached hydrogens (tertiary/aromatic N) is 2. The Morgan fingerprint density at radius 1 is 1.13 bits per heavy atom. The van der Waals surface area contributed by atoms with E-state index in [1.54, 1.807) is 4.57 Å². The van der Waals surface area contributed by atoms with Crippen molar-refractivity contribution in [2.45, 2.75) is 32.5 Å². The number of thiophene rings is 1. The molecule has 0 atom stereocenters. The summed E-state index contributed by atoms with van der Waals surface area (Å²) in [5.41, 5.74) is 4.60. The van der Waals surface area contributed by atoms with Gasteiger partial charge in [-0.3, -0.25) is 14.2 Å². The Morgan fingerprint density at radius 2 is 1.90 bits per heavy atom. The normalized spacial score (nSPS) is 11.1. The molecule has 0 saturated carbocycles. The van der Waals surface area contributed by atoms with Gasteiger partial charge >= 0.3 is 0 Å². The van der Waals surface area contributed by atoms with Gasteiger partial charge in [0.2, 0.25) is 5.91 Å². The third-order valence-corrected chi connectivity index (χ3v) is 7.11. The Hall–Kier alpha value is -2.90. The van der Waals surface area contributed by atoms with E-state index in [1.165, 1.54) is 23.1 Å². The predicted octanol–water partition coefficient (Wildman–Crippen LogP) is 5.49. The molecule has 158 valence electrons.